The highest BCUT2D eigenvalue weighted by molar-refractivity contribution is 6.01. The lowest BCUT2D eigenvalue weighted by atomic mass is 9.84. The zero-order chi connectivity index (χ0) is 54.1. The van der Waals surface area contributed by atoms with Crippen molar-refractivity contribution in [3.63, 3.8) is 0 Å². The van der Waals surface area contributed by atoms with Gasteiger partial charge in [-0.25, -0.2) is 9.86 Å². The lowest BCUT2D eigenvalue weighted by Gasteiger charge is -2.41. The van der Waals surface area contributed by atoms with Crippen molar-refractivity contribution in [2.75, 3.05) is 54.6 Å². The molecule has 3 fully saturated rings. The average molecular weight is 1030 g/mol. The summed E-state index contributed by atoms with van der Waals surface area (Å²) >= 11 is 0. The predicted molar refractivity (Wildman–Crippen MR) is 270 cm³/mol. The van der Waals surface area contributed by atoms with Crippen LogP contribution >= 0.6 is 0 Å². The van der Waals surface area contributed by atoms with Gasteiger partial charge >= 0.3 is 5.97 Å². The molecule has 2 N–H and O–H groups in total. The molecule has 410 valence electrons. The Kier molecular flexibility index (Phi) is 24.4. The summed E-state index contributed by atoms with van der Waals surface area (Å²) < 4.78 is 12.1. The van der Waals surface area contributed by atoms with Crippen LogP contribution in [0.5, 0.6) is 5.75 Å². The summed E-state index contributed by atoms with van der Waals surface area (Å²) in [4.78, 5) is 123. The van der Waals surface area contributed by atoms with Gasteiger partial charge < -0.3 is 34.3 Å². The molecule has 0 spiro atoms. The third-order valence-corrected chi connectivity index (χ3v) is 15.2. The number of aromatic hydroxyl groups is 1. The SMILES string of the molecule is CC[C@H](C)[C@@H]([C@@H](CC(=O)N1CCC[C@H]1[C@H](OC)[C@@H](C)C(=O)C[C@@H](Cc1ccc(O)cc1)C(=O)N1CCCCO1)OC)N(C)C(=O)[C@@H](CC(=O)[C@H](C(C)O)N(C)CCCCCC(=O)ON1C(=O)CCC1=O)C(C)C. The Labute approximate surface area is 432 Å². The molecule has 3 heterocycles. The Morgan fingerprint density at radius 3 is 2.08 bits per heavy atom. The second kappa shape index (κ2) is 29.3. The van der Waals surface area contributed by atoms with Crippen LogP contribution in [0.15, 0.2) is 24.3 Å². The summed E-state index contributed by atoms with van der Waals surface area (Å²) in [6, 6.07) is 4.67. The summed E-state index contributed by atoms with van der Waals surface area (Å²) in [5, 5.41) is 22.6. The Morgan fingerprint density at radius 2 is 1.51 bits per heavy atom. The normalized spacial score (nSPS) is 20.1. The number of amides is 5. The maximum absolute atomic E-state index is 14.7. The number of carbonyl (C=O) groups excluding carboxylic acids is 8. The molecule has 1 unspecified atom stereocenters. The number of benzene rings is 1. The molecule has 1 aromatic carbocycles. The van der Waals surface area contributed by atoms with Gasteiger partial charge in [0.05, 0.1) is 55.4 Å². The van der Waals surface area contributed by atoms with Crippen molar-refractivity contribution in [1.29, 1.82) is 0 Å². The van der Waals surface area contributed by atoms with Gasteiger partial charge in [-0.2, -0.15) is 0 Å². The summed E-state index contributed by atoms with van der Waals surface area (Å²) in [6.45, 7) is 12.8. The topological polar surface area (TPSA) is 230 Å². The second-order valence-electron chi connectivity index (χ2n) is 20.9. The summed E-state index contributed by atoms with van der Waals surface area (Å²) in [6.07, 6.45) is 2.75. The minimum absolute atomic E-state index is 0.00206. The first-order valence-electron chi connectivity index (χ1n) is 26.5. The third kappa shape index (κ3) is 16.8. The summed E-state index contributed by atoms with van der Waals surface area (Å²) in [7, 11) is 6.47. The fourth-order valence-electron chi connectivity index (χ4n) is 10.7. The fraction of sp³-hybridized carbons (Fsp3) is 0.741. The Hall–Kier alpha value is -4.82. The van der Waals surface area contributed by atoms with Gasteiger partial charge in [0.25, 0.3) is 11.8 Å². The molecule has 3 aliphatic heterocycles. The minimum atomic E-state index is -1.05. The molecule has 0 saturated carbocycles. The molecule has 73 heavy (non-hydrogen) atoms. The van der Waals surface area contributed by atoms with Crippen molar-refractivity contribution in [1.82, 2.24) is 24.8 Å². The van der Waals surface area contributed by atoms with Gasteiger partial charge in [-0.05, 0) is 95.0 Å². The number of likely N-dealkylation sites (tertiary alicyclic amines) is 1. The van der Waals surface area contributed by atoms with Crippen LogP contribution in [-0.4, -0.2) is 173 Å². The predicted octanol–water partition coefficient (Wildman–Crippen LogP) is 5.06. The highest BCUT2D eigenvalue weighted by atomic mass is 16.7. The van der Waals surface area contributed by atoms with Gasteiger partial charge in [-0.15, -0.1) is 5.06 Å². The van der Waals surface area contributed by atoms with Crippen molar-refractivity contribution in [3.8, 4) is 5.75 Å². The van der Waals surface area contributed by atoms with Crippen LogP contribution in [0.3, 0.4) is 0 Å². The van der Waals surface area contributed by atoms with Crippen LogP contribution in [-0.2, 0) is 63.9 Å². The van der Waals surface area contributed by atoms with Crippen LogP contribution in [0.25, 0.3) is 0 Å². The maximum Gasteiger partial charge on any atom is 0.333 e. The van der Waals surface area contributed by atoms with E-state index in [9.17, 15) is 48.6 Å². The standard InChI is InChI=1S/C54H85N5O14/c1-11-35(4)50(56(8)54(69)41(34(2)3)32-44(63)51(37(6)60)55(7)26-14-12-13-19-49(67)73-59-46(64)24-25-47(59)65)45(70-9)33-48(66)57-27-17-18-42(57)52(71-10)36(5)43(62)31-39(30-38-20-22-40(61)23-21-38)53(68)58-28-15-16-29-72-58/h20-23,34-37,39,41-42,45,50-52,60-61H,11-19,24-33H2,1-10H3/t35-,36-,37?,39+,41-,42-,45+,50-,51-,52+/m0/s1. The number of phenols is 1. The Balaban J connectivity index is 1.41. The first-order valence-corrected chi connectivity index (χ1v) is 26.5. The van der Waals surface area contributed by atoms with Crippen LogP contribution in [0.4, 0.5) is 0 Å². The molecule has 19 heteroatoms. The number of hydrogen-bond donors (Lipinski definition) is 2. The van der Waals surface area contributed by atoms with E-state index in [1.165, 1.54) is 26.2 Å². The van der Waals surface area contributed by atoms with E-state index in [1.54, 1.807) is 60.0 Å². The number of hydrogen-bond acceptors (Lipinski definition) is 15. The zero-order valence-corrected chi connectivity index (χ0v) is 45.1. The van der Waals surface area contributed by atoms with E-state index in [2.05, 4.69) is 0 Å². The average Bonchev–Trinajstić information content (AvgIpc) is 3.98. The van der Waals surface area contributed by atoms with E-state index < -0.39 is 72.0 Å². The molecule has 4 rings (SSSR count). The molecule has 19 nitrogen and oxygen atoms in total. The molecular weight excluding hydrogens is 943 g/mol. The van der Waals surface area contributed by atoms with E-state index >= 15 is 0 Å². The molecule has 3 saturated heterocycles. The second-order valence-corrected chi connectivity index (χ2v) is 20.9. The Morgan fingerprint density at radius 1 is 0.836 bits per heavy atom. The number of ether oxygens (including phenoxy) is 2. The lowest BCUT2D eigenvalue weighted by Crippen LogP contribution is -2.54. The zero-order valence-electron chi connectivity index (χ0n) is 45.1. The molecule has 0 aliphatic carbocycles. The van der Waals surface area contributed by atoms with Crippen LogP contribution < -0.4 is 0 Å². The summed E-state index contributed by atoms with van der Waals surface area (Å²) in [5.74, 6) is -5.42. The number of methoxy groups -OCH3 is 2. The van der Waals surface area contributed by atoms with Crippen molar-refractivity contribution in [2.45, 2.75) is 174 Å². The number of ketones is 2. The first kappa shape index (κ1) is 60.7. The van der Waals surface area contributed by atoms with Crippen LogP contribution in [0, 0.1) is 29.6 Å². The number of Topliss-reactive ketones (excluding diaryl/α,β-unsaturated/α-hetero) is 2. The van der Waals surface area contributed by atoms with Gasteiger partial charge in [0.1, 0.15) is 11.5 Å². The number of aliphatic hydroxyl groups excluding tert-OH is 1. The number of carbonyl (C=O) groups is 8. The van der Waals surface area contributed by atoms with Crippen molar-refractivity contribution in [2.24, 2.45) is 29.6 Å². The number of rotatable bonds is 30. The maximum atomic E-state index is 14.7. The monoisotopic (exact) mass is 1030 g/mol. The molecule has 0 aromatic heterocycles. The molecule has 5 amide bonds. The smallest absolute Gasteiger partial charge is 0.333 e. The van der Waals surface area contributed by atoms with Gasteiger partial charge in [-0.1, -0.05) is 59.6 Å². The molecule has 0 bridgehead atoms. The van der Waals surface area contributed by atoms with Gasteiger partial charge in [0.2, 0.25) is 17.7 Å². The minimum Gasteiger partial charge on any atom is -0.508 e. The number of imide groups is 1. The first-order chi connectivity index (χ1) is 34.6. The van der Waals surface area contributed by atoms with E-state index in [-0.39, 0.29) is 91.8 Å². The third-order valence-electron chi connectivity index (χ3n) is 15.2. The largest absolute Gasteiger partial charge is 0.508 e. The number of nitrogens with zero attached hydrogens (tertiary/aromatic N) is 5. The number of unbranched alkanes of at least 4 members (excludes halogenated alkanes) is 2. The lowest BCUT2D eigenvalue weighted by molar-refractivity contribution is -0.201. The highest BCUT2D eigenvalue weighted by Gasteiger charge is 2.44. The molecule has 3 aliphatic rings. The highest BCUT2D eigenvalue weighted by Crippen LogP contribution is 2.32. The molecular formula is C54H85N5O14. The van der Waals surface area contributed by atoms with Crippen LogP contribution in [0.2, 0.25) is 0 Å². The van der Waals surface area contributed by atoms with Crippen molar-refractivity contribution in [3.05, 3.63) is 29.8 Å². The molecule has 1 aromatic rings. The van der Waals surface area contributed by atoms with E-state index in [0.717, 1.165) is 18.4 Å². The summed E-state index contributed by atoms with van der Waals surface area (Å²) in [5.41, 5.74) is 0.793. The van der Waals surface area contributed by atoms with E-state index in [1.807, 2.05) is 27.7 Å². The van der Waals surface area contributed by atoms with Gasteiger partial charge in [-0.3, -0.25) is 43.3 Å². The number of phenolic OH excluding ortho intramolecular Hbond substituents is 1. The fourth-order valence-corrected chi connectivity index (χ4v) is 10.7. The molecule has 0 radical (unpaired) electrons. The van der Waals surface area contributed by atoms with Crippen LogP contribution in [0.1, 0.15) is 137 Å². The quantitative estimate of drug-likeness (QED) is 0.0758. The number of aliphatic hydroxyl groups is 1. The van der Waals surface area contributed by atoms with E-state index in [0.29, 0.717) is 69.8 Å². The number of hydroxylamine groups is 4. The molecule has 10 atom stereocenters. The van der Waals surface area contributed by atoms with Crippen molar-refractivity contribution >= 4 is 47.1 Å². The van der Waals surface area contributed by atoms with Gasteiger partial charge in [0.15, 0.2) is 5.78 Å². The van der Waals surface area contributed by atoms with Crippen molar-refractivity contribution < 1.29 is 67.7 Å². The Bertz CT molecular complexity index is 1990. The van der Waals surface area contributed by atoms with E-state index in [4.69, 9.17) is 19.1 Å². The number of likely N-dealkylation sites (N-methyl/N-ethyl adjacent to an activating group) is 2. The van der Waals surface area contributed by atoms with Gasteiger partial charge in [0, 0.05) is 78.3 Å².